The lowest BCUT2D eigenvalue weighted by Crippen LogP contribution is -1.94. The first-order chi connectivity index (χ1) is 9.72. The van der Waals surface area contributed by atoms with Gasteiger partial charge >= 0.3 is 0 Å². The molecule has 1 unspecified atom stereocenters. The van der Waals surface area contributed by atoms with Crippen molar-refractivity contribution in [3.05, 3.63) is 65.9 Å². The van der Waals surface area contributed by atoms with E-state index < -0.39 is 6.10 Å². The van der Waals surface area contributed by atoms with Gasteiger partial charge < -0.3 is 14.3 Å². The van der Waals surface area contributed by atoms with Crippen molar-refractivity contribution in [1.82, 2.24) is 0 Å². The minimum Gasteiger partial charge on any atom is -0.489 e. The second kappa shape index (κ2) is 5.39. The van der Waals surface area contributed by atoms with Gasteiger partial charge in [-0.05, 0) is 36.8 Å². The van der Waals surface area contributed by atoms with Crippen LogP contribution in [-0.4, -0.2) is 5.11 Å². The highest BCUT2D eigenvalue weighted by molar-refractivity contribution is 5.79. The van der Waals surface area contributed by atoms with Crippen LogP contribution in [0.3, 0.4) is 0 Å². The molecule has 0 aliphatic rings. The van der Waals surface area contributed by atoms with Gasteiger partial charge in [0.2, 0.25) is 0 Å². The SMILES string of the molecule is CC(O)c1cc2cc(OCc3ccccc3)ccc2o1. The molecule has 1 aromatic heterocycles. The van der Waals surface area contributed by atoms with Crippen molar-refractivity contribution in [2.75, 3.05) is 0 Å². The highest BCUT2D eigenvalue weighted by atomic mass is 16.5. The summed E-state index contributed by atoms with van der Waals surface area (Å²) in [5.41, 5.74) is 1.89. The van der Waals surface area contributed by atoms with E-state index in [4.69, 9.17) is 9.15 Å². The molecule has 1 atom stereocenters. The van der Waals surface area contributed by atoms with Crippen molar-refractivity contribution >= 4 is 11.0 Å². The summed E-state index contributed by atoms with van der Waals surface area (Å²) in [6.45, 7) is 2.22. The van der Waals surface area contributed by atoms with E-state index in [9.17, 15) is 5.11 Å². The van der Waals surface area contributed by atoms with Crippen molar-refractivity contribution in [1.29, 1.82) is 0 Å². The van der Waals surface area contributed by atoms with Gasteiger partial charge in [0, 0.05) is 5.39 Å². The average Bonchev–Trinajstić information content (AvgIpc) is 2.89. The molecule has 0 spiro atoms. The molecular formula is C17H16O3. The Bertz CT molecular complexity index is 699. The zero-order valence-electron chi connectivity index (χ0n) is 11.2. The fourth-order valence-corrected chi connectivity index (χ4v) is 2.08. The summed E-state index contributed by atoms with van der Waals surface area (Å²) >= 11 is 0. The second-order valence-electron chi connectivity index (χ2n) is 4.80. The lowest BCUT2D eigenvalue weighted by atomic mass is 10.2. The Kier molecular flexibility index (Phi) is 3.44. The molecule has 3 aromatic rings. The minimum atomic E-state index is -0.601. The van der Waals surface area contributed by atoms with Crippen LogP contribution in [0.25, 0.3) is 11.0 Å². The fraction of sp³-hybridized carbons (Fsp3) is 0.176. The lowest BCUT2D eigenvalue weighted by molar-refractivity contribution is 0.172. The highest BCUT2D eigenvalue weighted by Gasteiger charge is 2.09. The Labute approximate surface area is 117 Å². The molecule has 1 N–H and O–H groups in total. The van der Waals surface area contributed by atoms with Crippen LogP contribution in [0.15, 0.2) is 59.0 Å². The van der Waals surface area contributed by atoms with Crippen molar-refractivity contribution in [3.63, 3.8) is 0 Å². The first kappa shape index (κ1) is 12.8. The molecule has 1 heterocycles. The van der Waals surface area contributed by atoms with Gasteiger partial charge in [-0.3, -0.25) is 0 Å². The van der Waals surface area contributed by atoms with Crippen molar-refractivity contribution in [3.8, 4) is 5.75 Å². The predicted molar refractivity (Wildman–Crippen MR) is 77.6 cm³/mol. The molecule has 0 aliphatic heterocycles. The van der Waals surface area contributed by atoms with E-state index in [1.807, 2.05) is 54.6 Å². The van der Waals surface area contributed by atoms with Crippen molar-refractivity contribution < 1.29 is 14.3 Å². The molecule has 102 valence electrons. The van der Waals surface area contributed by atoms with E-state index >= 15 is 0 Å². The third-order valence-electron chi connectivity index (χ3n) is 3.17. The molecule has 0 bridgehead atoms. The van der Waals surface area contributed by atoms with Crippen LogP contribution in [0.1, 0.15) is 24.4 Å². The van der Waals surface area contributed by atoms with Crippen LogP contribution in [0.4, 0.5) is 0 Å². The zero-order chi connectivity index (χ0) is 13.9. The van der Waals surface area contributed by atoms with E-state index in [0.29, 0.717) is 12.4 Å². The molecule has 0 saturated heterocycles. The Morgan fingerprint density at radius 1 is 1.10 bits per heavy atom. The van der Waals surface area contributed by atoms with Gasteiger partial charge in [-0.25, -0.2) is 0 Å². The van der Waals surface area contributed by atoms with E-state index in [1.54, 1.807) is 6.92 Å². The smallest absolute Gasteiger partial charge is 0.134 e. The molecule has 20 heavy (non-hydrogen) atoms. The van der Waals surface area contributed by atoms with Crippen LogP contribution >= 0.6 is 0 Å². The minimum absolute atomic E-state index is 0.535. The second-order valence-corrected chi connectivity index (χ2v) is 4.80. The van der Waals surface area contributed by atoms with Gasteiger partial charge in [-0.15, -0.1) is 0 Å². The van der Waals surface area contributed by atoms with Crippen LogP contribution in [0.5, 0.6) is 5.75 Å². The van der Waals surface area contributed by atoms with Crippen molar-refractivity contribution in [2.24, 2.45) is 0 Å². The van der Waals surface area contributed by atoms with Gasteiger partial charge in [0.25, 0.3) is 0 Å². The fourth-order valence-electron chi connectivity index (χ4n) is 2.08. The average molecular weight is 268 g/mol. The standard InChI is InChI=1S/C17H16O3/c1-12(18)17-10-14-9-15(7-8-16(14)20-17)19-11-13-5-3-2-4-6-13/h2-10,12,18H,11H2,1H3. The normalized spacial score (nSPS) is 12.5. The van der Waals surface area contributed by atoms with Crippen LogP contribution in [0, 0.1) is 0 Å². The number of ether oxygens (including phenoxy) is 1. The summed E-state index contributed by atoms with van der Waals surface area (Å²) < 4.78 is 11.3. The van der Waals surface area contributed by atoms with Crippen LogP contribution < -0.4 is 4.74 Å². The monoisotopic (exact) mass is 268 g/mol. The van der Waals surface area contributed by atoms with E-state index in [2.05, 4.69) is 0 Å². The molecule has 3 heteroatoms. The van der Waals surface area contributed by atoms with Gasteiger partial charge in [0.1, 0.15) is 29.8 Å². The molecule has 0 aliphatic carbocycles. The topological polar surface area (TPSA) is 42.6 Å². The van der Waals surface area contributed by atoms with Gasteiger partial charge in [0.05, 0.1) is 0 Å². The van der Waals surface area contributed by atoms with E-state index in [0.717, 1.165) is 22.3 Å². The summed E-state index contributed by atoms with van der Waals surface area (Å²) in [6.07, 6.45) is -0.601. The van der Waals surface area contributed by atoms with Gasteiger partial charge in [-0.2, -0.15) is 0 Å². The third-order valence-corrected chi connectivity index (χ3v) is 3.17. The third kappa shape index (κ3) is 2.68. The predicted octanol–water partition coefficient (Wildman–Crippen LogP) is 4.07. The summed E-state index contributed by atoms with van der Waals surface area (Å²) in [5, 5.41) is 10.5. The summed E-state index contributed by atoms with van der Waals surface area (Å²) in [4.78, 5) is 0. The number of benzene rings is 2. The molecular weight excluding hydrogens is 252 g/mol. The maximum Gasteiger partial charge on any atom is 0.134 e. The highest BCUT2D eigenvalue weighted by Crippen LogP contribution is 2.27. The molecule has 3 rings (SSSR count). The number of aliphatic hydroxyl groups excluding tert-OH is 1. The number of fused-ring (bicyclic) bond motifs is 1. The first-order valence-corrected chi connectivity index (χ1v) is 6.60. The van der Waals surface area contributed by atoms with E-state index in [1.165, 1.54) is 0 Å². The molecule has 2 aromatic carbocycles. The Morgan fingerprint density at radius 2 is 1.90 bits per heavy atom. The summed E-state index contributed by atoms with van der Waals surface area (Å²) in [7, 11) is 0. The largest absolute Gasteiger partial charge is 0.489 e. The summed E-state index contributed by atoms with van der Waals surface area (Å²) in [6, 6.07) is 17.5. The number of hydrogen-bond acceptors (Lipinski definition) is 3. The maximum atomic E-state index is 9.52. The van der Waals surface area contributed by atoms with Crippen molar-refractivity contribution in [2.45, 2.75) is 19.6 Å². The Balaban J connectivity index is 1.78. The molecule has 0 radical (unpaired) electrons. The number of aliphatic hydroxyl groups is 1. The number of furan rings is 1. The summed E-state index contributed by atoms with van der Waals surface area (Å²) in [5.74, 6) is 1.36. The lowest BCUT2D eigenvalue weighted by Gasteiger charge is -2.05. The molecule has 3 nitrogen and oxygen atoms in total. The molecule has 0 saturated carbocycles. The first-order valence-electron chi connectivity index (χ1n) is 6.60. The maximum absolute atomic E-state index is 9.52. The van der Waals surface area contributed by atoms with E-state index in [-0.39, 0.29) is 0 Å². The number of hydrogen-bond donors (Lipinski definition) is 1. The van der Waals surface area contributed by atoms with Crippen LogP contribution in [-0.2, 0) is 6.61 Å². The Morgan fingerprint density at radius 3 is 2.65 bits per heavy atom. The molecule has 0 fully saturated rings. The van der Waals surface area contributed by atoms with Gasteiger partial charge in [-0.1, -0.05) is 30.3 Å². The Hall–Kier alpha value is -2.26. The van der Waals surface area contributed by atoms with Crippen LogP contribution in [0.2, 0.25) is 0 Å². The molecule has 0 amide bonds. The quantitative estimate of drug-likeness (QED) is 0.775. The van der Waals surface area contributed by atoms with Gasteiger partial charge in [0.15, 0.2) is 0 Å². The zero-order valence-corrected chi connectivity index (χ0v) is 11.2. The number of rotatable bonds is 4.